The summed E-state index contributed by atoms with van der Waals surface area (Å²) in [5, 5.41) is 2.95. The molecule has 1 heterocycles. The molecule has 0 bridgehead atoms. The number of hydrogen-bond donors (Lipinski definition) is 1. The molecule has 1 atom stereocenters. The van der Waals surface area contributed by atoms with Crippen LogP contribution in [-0.2, 0) is 16.0 Å². The first-order valence-electron chi connectivity index (χ1n) is 7.30. The lowest BCUT2D eigenvalue weighted by atomic mass is 10.1. The molecular weight excluding hydrogens is 316 g/mol. The number of amides is 1. The van der Waals surface area contributed by atoms with Gasteiger partial charge in [-0.1, -0.05) is 35.9 Å². The van der Waals surface area contributed by atoms with Crippen LogP contribution in [0.1, 0.15) is 33.9 Å². The predicted molar refractivity (Wildman–Crippen MR) is 85.2 cm³/mol. The molecule has 2 aromatic rings. The van der Waals surface area contributed by atoms with Crippen molar-refractivity contribution < 1.29 is 14.3 Å². The molecular formula is C17H15ClN2O3. The van der Waals surface area contributed by atoms with Gasteiger partial charge in [-0.3, -0.25) is 4.79 Å². The number of benzene rings is 1. The molecule has 23 heavy (non-hydrogen) atoms. The maximum Gasteiger partial charge on any atom is 0.341 e. The Morgan fingerprint density at radius 1 is 1.26 bits per heavy atom. The van der Waals surface area contributed by atoms with Crippen molar-refractivity contribution in [1.29, 1.82) is 0 Å². The second-order valence-corrected chi connectivity index (χ2v) is 5.63. The number of fused-ring (bicyclic) bond motifs is 1. The summed E-state index contributed by atoms with van der Waals surface area (Å²) in [6, 6.07) is 11.1. The zero-order chi connectivity index (χ0) is 16.2. The number of ether oxygens (including phenoxy) is 1. The zero-order valence-electron chi connectivity index (χ0n) is 12.3. The Labute approximate surface area is 138 Å². The summed E-state index contributed by atoms with van der Waals surface area (Å²) in [7, 11) is 0. The van der Waals surface area contributed by atoms with E-state index in [0.29, 0.717) is 0 Å². The van der Waals surface area contributed by atoms with Gasteiger partial charge in [-0.2, -0.15) is 0 Å². The number of nitrogens with one attached hydrogen (secondary N) is 1. The molecule has 1 aromatic heterocycles. The number of nitrogens with zero attached hydrogens (tertiary/aromatic N) is 1. The largest absolute Gasteiger partial charge is 0.452 e. The SMILES string of the molecule is O=C(COC(=O)c1cccnc1Cl)N[C@@H]1CCc2ccccc21. The molecule has 0 fully saturated rings. The molecule has 118 valence electrons. The van der Waals surface area contributed by atoms with E-state index in [-0.39, 0.29) is 29.3 Å². The number of aryl methyl sites for hydroxylation is 1. The van der Waals surface area contributed by atoms with Crippen molar-refractivity contribution in [3.05, 3.63) is 64.4 Å². The highest BCUT2D eigenvalue weighted by atomic mass is 35.5. The zero-order valence-corrected chi connectivity index (χ0v) is 13.0. The molecule has 6 heteroatoms. The van der Waals surface area contributed by atoms with Crippen LogP contribution >= 0.6 is 11.6 Å². The summed E-state index contributed by atoms with van der Waals surface area (Å²) in [6.45, 7) is -0.345. The van der Waals surface area contributed by atoms with Gasteiger partial charge in [0.25, 0.3) is 5.91 Å². The topological polar surface area (TPSA) is 68.3 Å². The van der Waals surface area contributed by atoms with Crippen LogP contribution in [0.25, 0.3) is 0 Å². The monoisotopic (exact) mass is 330 g/mol. The van der Waals surface area contributed by atoms with E-state index in [4.69, 9.17) is 16.3 Å². The third-order valence-electron chi connectivity index (χ3n) is 3.78. The highest BCUT2D eigenvalue weighted by Gasteiger charge is 2.24. The molecule has 0 radical (unpaired) electrons. The number of aromatic nitrogens is 1. The van der Waals surface area contributed by atoms with Crippen molar-refractivity contribution in [1.82, 2.24) is 10.3 Å². The molecule has 5 nitrogen and oxygen atoms in total. The quantitative estimate of drug-likeness (QED) is 0.691. The average Bonchev–Trinajstić information content (AvgIpc) is 2.96. The second kappa shape index (κ2) is 6.79. The normalized spacial score (nSPS) is 15.8. The molecule has 0 spiro atoms. The fraction of sp³-hybridized carbons (Fsp3) is 0.235. The fourth-order valence-corrected chi connectivity index (χ4v) is 2.89. The molecule has 1 amide bonds. The van der Waals surface area contributed by atoms with Gasteiger partial charge in [-0.15, -0.1) is 0 Å². The Kier molecular flexibility index (Phi) is 4.57. The van der Waals surface area contributed by atoms with Crippen LogP contribution in [0.4, 0.5) is 0 Å². The summed E-state index contributed by atoms with van der Waals surface area (Å²) in [5.74, 6) is -0.995. The van der Waals surface area contributed by atoms with Gasteiger partial charge >= 0.3 is 5.97 Å². The number of esters is 1. The van der Waals surface area contributed by atoms with E-state index in [1.54, 1.807) is 6.07 Å². The molecule has 3 rings (SSSR count). The van der Waals surface area contributed by atoms with E-state index >= 15 is 0 Å². The van der Waals surface area contributed by atoms with E-state index in [9.17, 15) is 9.59 Å². The van der Waals surface area contributed by atoms with Crippen molar-refractivity contribution in [3.8, 4) is 0 Å². The van der Waals surface area contributed by atoms with Gasteiger partial charge < -0.3 is 10.1 Å². The van der Waals surface area contributed by atoms with E-state index < -0.39 is 5.97 Å². The lowest BCUT2D eigenvalue weighted by molar-refractivity contribution is -0.125. The van der Waals surface area contributed by atoms with Crippen LogP contribution in [0.5, 0.6) is 0 Å². The van der Waals surface area contributed by atoms with Gasteiger partial charge in [0.2, 0.25) is 0 Å². The molecule has 1 N–H and O–H groups in total. The summed E-state index contributed by atoms with van der Waals surface area (Å²) >= 11 is 5.82. The van der Waals surface area contributed by atoms with Crippen LogP contribution in [-0.4, -0.2) is 23.5 Å². The van der Waals surface area contributed by atoms with Crippen LogP contribution in [0.2, 0.25) is 5.15 Å². The molecule has 1 aliphatic carbocycles. The van der Waals surface area contributed by atoms with Gasteiger partial charge in [0, 0.05) is 6.20 Å². The Morgan fingerprint density at radius 2 is 2.09 bits per heavy atom. The molecule has 1 aromatic carbocycles. The number of hydrogen-bond acceptors (Lipinski definition) is 4. The van der Waals surface area contributed by atoms with Gasteiger partial charge in [0.15, 0.2) is 6.61 Å². The summed E-state index contributed by atoms with van der Waals surface area (Å²) in [4.78, 5) is 27.7. The Balaban J connectivity index is 1.55. The number of pyridine rings is 1. The average molecular weight is 331 g/mol. The lowest BCUT2D eigenvalue weighted by Crippen LogP contribution is -2.31. The van der Waals surface area contributed by atoms with E-state index in [2.05, 4.69) is 16.4 Å². The molecule has 0 unspecified atom stereocenters. The van der Waals surface area contributed by atoms with Crippen molar-refractivity contribution in [2.75, 3.05) is 6.61 Å². The first-order chi connectivity index (χ1) is 11.1. The van der Waals surface area contributed by atoms with Crippen molar-refractivity contribution in [2.24, 2.45) is 0 Å². The van der Waals surface area contributed by atoms with Gasteiger partial charge in [-0.05, 0) is 36.1 Å². The second-order valence-electron chi connectivity index (χ2n) is 5.28. The van der Waals surface area contributed by atoms with E-state index in [0.717, 1.165) is 18.4 Å². The number of carbonyl (C=O) groups is 2. The number of halogens is 1. The summed E-state index contributed by atoms with van der Waals surface area (Å²) in [6.07, 6.45) is 3.27. The maximum absolute atomic E-state index is 12.0. The van der Waals surface area contributed by atoms with Crippen LogP contribution < -0.4 is 5.32 Å². The maximum atomic E-state index is 12.0. The van der Waals surface area contributed by atoms with E-state index in [1.807, 2.05) is 18.2 Å². The van der Waals surface area contributed by atoms with Crippen LogP contribution in [0.3, 0.4) is 0 Å². The molecule has 1 aliphatic rings. The first kappa shape index (κ1) is 15.5. The van der Waals surface area contributed by atoms with Crippen molar-refractivity contribution >= 4 is 23.5 Å². The van der Waals surface area contributed by atoms with Gasteiger partial charge in [-0.25, -0.2) is 9.78 Å². The third kappa shape index (κ3) is 3.51. The predicted octanol–water partition coefficient (Wildman–Crippen LogP) is 2.70. The van der Waals surface area contributed by atoms with Crippen molar-refractivity contribution in [2.45, 2.75) is 18.9 Å². The van der Waals surface area contributed by atoms with Crippen LogP contribution in [0, 0.1) is 0 Å². The van der Waals surface area contributed by atoms with Crippen molar-refractivity contribution in [3.63, 3.8) is 0 Å². The van der Waals surface area contributed by atoms with Crippen LogP contribution in [0.15, 0.2) is 42.6 Å². The van der Waals surface area contributed by atoms with Gasteiger partial charge in [0.05, 0.1) is 11.6 Å². The summed E-state index contributed by atoms with van der Waals surface area (Å²) in [5.41, 5.74) is 2.52. The minimum Gasteiger partial charge on any atom is -0.452 e. The smallest absolute Gasteiger partial charge is 0.341 e. The minimum atomic E-state index is -0.662. The molecule has 0 saturated heterocycles. The Morgan fingerprint density at radius 3 is 2.91 bits per heavy atom. The minimum absolute atomic E-state index is 0.0284. The fourth-order valence-electron chi connectivity index (χ4n) is 2.69. The first-order valence-corrected chi connectivity index (χ1v) is 7.68. The Hall–Kier alpha value is -2.40. The number of carbonyl (C=O) groups excluding carboxylic acids is 2. The highest BCUT2D eigenvalue weighted by molar-refractivity contribution is 6.32. The standard InChI is InChI=1S/C17H15ClN2O3/c18-16-13(6-3-9-19-16)17(22)23-10-15(21)20-14-8-7-11-4-1-2-5-12(11)14/h1-6,9,14H,7-8,10H2,(H,20,21)/t14-/m1/s1. The molecule has 0 saturated carbocycles. The lowest BCUT2D eigenvalue weighted by Gasteiger charge is -2.14. The molecule has 0 aliphatic heterocycles. The van der Waals surface area contributed by atoms with E-state index in [1.165, 1.54) is 17.8 Å². The van der Waals surface area contributed by atoms with Gasteiger partial charge in [0.1, 0.15) is 5.15 Å². The number of rotatable bonds is 4. The third-order valence-corrected chi connectivity index (χ3v) is 4.08. The highest BCUT2D eigenvalue weighted by Crippen LogP contribution is 2.30. The Bertz CT molecular complexity index is 748. The summed E-state index contributed by atoms with van der Waals surface area (Å²) < 4.78 is 4.99.